The van der Waals surface area contributed by atoms with Crippen molar-refractivity contribution in [2.45, 2.75) is 12.7 Å². The molecule has 1 heterocycles. The molecule has 0 saturated heterocycles. The van der Waals surface area contributed by atoms with Crippen molar-refractivity contribution >= 4 is 32.4 Å². The minimum Gasteiger partial charge on any atom is -0.356 e. The van der Waals surface area contributed by atoms with Gasteiger partial charge in [-0.2, -0.15) is 0 Å². The molecule has 3 aromatic rings. The van der Waals surface area contributed by atoms with E-state index in [1.165, 1.54) is 12.1 Å². The van der Waals surface area contributed by atoms with Crippen molar-refractivity contribution in [1.82, 2.24) is 5.16 Å². The lowest BCUT2D eigenvalue weighted by molar-refractivity contribution is -0.383. The van der Waals surface area contributed by atoms with Crippen LogP contribution in [-0.4, -0.2) is 18.5 Å². The van der Waals surface area contributed by atoms with Crippen LogP contribution in [-0.2, 0) is 15.8 Å². The first-order chi connectivity index (χ1) is 11.4. The van der Waals surface area contributed by atoms with Gasteiger partial charge >= 0.3 is 0 Å². The van der Waals surface area contributed by atoms with Crippen LogP contribution in [0.25, 0.3) is 11.0 Å². The molecule has 0 bridgehead atoms. The molecule has 0 saturated carbocycles. The minimum absolute atomic E-state index is 0.0460. The second-order valence-corrected chi connectivity index (χ2v) is 6.94. The number of aromatic nitrogens is 1. The van der Waals surface area contributed by atoms with Crippen molar-refractivity contribution in [3.05, 3.63) is 63.8 Å². The van der Waals surface area contributed by atoms with Crippen LogP contribution in [0.4, 0.5) is 11.4 Å². The second-order valence-electron chi connectivity index (χ2n) is 5.21. The van der Waals surface area contributed by atoms with Crippen molar-refractivity contribution in [1.29, 1.82) is 0 Å². The summed E-state index contributed by atoms with van der Waals surface area (Å²) in [5, 5.41) is 15.5. The first kappa shape index (κ1) is 15.9. The van der Waals surface area contributed by atoms with Crippen molar-refractivity contribution in [3.63, 3.8) is 0 Å². The molecule has 0 fully saturated rings. The molecule has 1 N–H and O–H groups in total. The van der Waals surface area contributed by atoms with Crippen LogP contribution < -0.4 is 4.72 Å². The van der Waals surface area contributed by atoms with Crippen LogP contribution in [0.1, 0.15) is 11.3 Å². The van der Waals surface area contributed by atoms with E-state index < -0.39 is 20.7 Å². The zero-order valence-electron chi connectivity index (χ0n) is 12.6. The molecule has 8 nitrogen and oxygen atoms in total. The van der Waals surface area contributed by atoms with Gasteiger partial charge in [-0.1, -0.05) is 29.4 Å². The van der Waals surface area contributed by atoms with Gasteiger partial charge in [-0.05, 0) is 24.6 Å². The number of para-hydroxylation sites is 2. The van der Waals surface area contributed by atoms with Gasteiger partial charge < -0.3 is 4.52 Å². The zero-order valence-corrected chi connectivity index (χ0v) is 13.4. The van der Waals surface area contributed by atoms with E-state index in [1.54, 1.807) is 37.3 Å². The summed E-state index contributed by atoms with van der Waals surface area (Å²) in [5.74, 6) is -0.449. The standard InChI is InChI=1S/C15H13N3O5S/c1-10-5-4-7-13(18(19)20)15(10)17-24(21,22)9-12-11-6-2-3-8-14(11)23-16-12/h2-8,17H,9H2,1H3. The number of hydrogen-bond donors (Lipinski definition) is 1. The topological polar surface area (TPSA) is 115 Å². The van der Waals surface area contributed by atoms with Gasteiger partial charge in [0.2, 0.25) is 10.0 Å². The van der Waals surface area contributed by atoms with Crippen molar-refractivity contribution in [2.24, 2.45) is 0 Å². The lowest BCUT2D eigenvalue weighted by atomic mass is 10.2. The summed E-state index contributed by atoms with van der Waals surface area (Å²) in [4.78, 5) is 10.5. The number of nitrogens with one attached hydrogen (secondary N) is 1. The van der Waals surface area contributed by atoms with E-state index in [2.05, 4.69) is 9.88 Å². The first-order valence-electron chi connectivity index (χ1n) is 6.95. The average molecular weight is 347 g/mol. The maximum Gasteiger partial charge on any atom is 0.293 e. The molecule has 0 aliphatic heterocycles. The number of nitrogens with zero attached hydrogens (tertiary/aromatic N) is 2. The fourth-order valence-corrected chi connectivity index (χ4v) is 3.57. The Morgan fingerprint density at radius 1 is 1.21 bits per heavy atom. The largest absolute Gasteiger partial charge is 0.356 e. The molecule has 0 atom stereocenters. The molecule has 0 radical (unpaired) electrons. The van der Waals surface area contributed by atoms with Crippen molar-refractivity contribution < 1.29 is 17.9 Å². The highest BCUT2D eigenvalue weighted by Crippen LogP contribution is 2.29. The third-order valence-electron chi connectivity index (χ3n) is 3.48. The van der Waals surface area contributed by atoms with Gasteiger partial charge in [0, 0.05) is 11.5 Å². The van der Waals surface area contributed by atoms with E-state index in [-0.39, 0.29) is 17.1 Å². The Kier molecular flexibility index (Phi) is 3.94. The van der Waals surface area contributed by atoms with Gasteiger partial charge in [-0.15, -0.1) is 0 Å². The Morgan fingerprint density at radius 3 is 2.71 bits per heavy atom. The van der Waals surface area contributed by atoms with Crippen molar-refractivity contribution in [2.75, 3.05) is 4.72 Å². The van der Waals surface area contributed by atoms with Crippen LogP contribution in [0.2, 0.25) is 0 Å². The normalized spacial score (nSPS) is 11.5. The molecular weight excluding hydrogens is 334 g/mol. The van der Waals surface area contributed by atoms with Crippen LogP contribution in [0.3, 0.4) is 0 Å². The Morgan fingerprint density at radius 2 is 1.96 bits per heavy atom. The number of anilines is 1. The van der Waals surface area contributed by atoms with Crippen LogP contribution >= 0.6 is 0 Å². The highest BCUT2D eigenvalue weighted by Gasteiger charge is 2.23. The number of rotatable bonds is 5. The molecule has 0 unspecified atom stereocenters. The Labute approximate surface area is 137 Å². The number of fused-ring (bicyclic) bond motifs is 1. The number of nitro benzene ring substituents is 1. The lowest BCUT2D eigenvalue weighted by Crippen LogP contribution is -2.17. The monoisotopic (exact) mass is 347 g/mol. The number of hydrogen-bond acceptors (Lipinski definition) is 6. The van der Waals surface area contributed by atoms with Crippen LogP contribution in [0.5, 0.6) is 0 Å². The van der Waals surface area contributed by atoms with E-state index in [1.807, 2.05) is 0 Å². The van der Waals surface area contributed by atoms with Gasteiger partial charge in [0.25, 0.3) is 5.69 Å². The summed E-state index contributed by atoms with van der Waals surface area (Å²) in [6, 6.07) is 11.2. The third-order valence-corrected chi connectivity index (χ3v) is 4.65. The maximum absolute atomic E-state index is 12.4. The molecule has 1 aromatic heterocycles. The molecule has 0 aliphatic rings. The molecule has 124 valence electrons. The van der Waals surface area contributed by atoms with E-state index in [9.17, 15) is 18.5 Å². The van der Waals surface area contributed by atoms with Gasteiger partial charge in [0.1, 0.15) is 17.1 Å². The van der Waals surface area contributed by atoms with Crippen LogP contribution in [0, 0.1) is 17.0 Å². The SMILES string of the molecule is Cc1cccc([N+](=O)[O-])c1NS(=O)(=O)Cc1noc2ccccc12. The van der Waals surface area contributed by atoms with E-state index in [4.69, 9.17) is 4.52 Å². The summed E-state index contributed by atoms with van der Waals surface area (Å²) < 4.78 is 32.2. The smallest absolute Gasteiger partial charge is 0.293 e. The Balaban J connectivity index is 1.94. The molecule has 2 aromatic carbocycles. The molecule has 0 spiro atoms. The highest BCUT2D eigenvalue weighted by molar-refractivity contribution is 7.91. The number of sulfonamides is 1. The van der Waals surface area contributed by atoms with E-state index in [0.717, 1.165) is 0 Å². The number of benzene rings is 2. The van der Waals surface area contributed by atoms with Gasteiger partial charge in [-0.25, -0.2) is 8.42 Å². The lowest BCUT2D eigenvalue weighted by Gasteiger charge is -2.10. The summed E-state index contributed by atoms with van der Waals surface area (Å²) >= 11 is 0. The van der Waals surface area contributed by atoms with Crippen LogP contribution in [0.15, 0.2) is 47.0 Å². The van der Waals surface area contributed by atoms with E-state index >= 15 is 0 Å². The summed E-state index contributed by atoms with van der Waals surface area (Å²) in [7, 11) is -3.90. The maximum atomic E-state index is 12.4. The first-order valence-corrected chi connectivity index (χ1v) is 8.60. The highest BCUT2D eigenvalue weighted by atomic mass is 32.2. The second kappa shape index (κ2) is 5.93. The number of aryl methyl sites for hydroxylation is 1. The zero-order chi connectivity index (χ0) is 17.3. The summed E-state index contributed by atoms with van der Waals surface area (Å²) in [6.45, 7) is 1.59. The Hall–Kier alpha value is -2.94. The molecule has 3 rings (SSSR count). The fourth-order valence-electron chi connectivity index (χ4n) is 2.35. The molecule has 24 heavy (non-hydrogen) atoms. The quantitative estimate of drug-likeness (QED) is 0.560. The van der Waals surface area contributed by atoms with E-state index in [0.29, 0.717) is 16.5 Å². The number of nitro groups is 1. The predicted molar refractivity (Wildman–Crippen MR) is 88.1 cm³/mol. The molecule has 0 aliphatic carbocycles. The molecule has 0 amide bonds. The third kappa shape index (κ3) is 3.06. The van der Waals surface area contributed by atoms with Crippen molar-refractivity contribution in [3.8, 4) is 0 Å². The molecular formula is C15H13N3O5S. The molecule has 9 heteroatoms. The predicted octanol–water partition coefficient (Wildman–Crippen LogP) is 2.99. The summed E-state index contributed by atoms with van der Waals surface area (Å²) in [5.41, 5.74) is 0.829. The average Bonchev–Trinajstić information content (AvgIpc) is 2.91. The minimum atomic E-state index is -3.90. The van der Waals surface area contributed by atoms with Gasteiger partial charge in [0.05, 0.1) is 4.92 Å². The fraction of sp³-hybridized carbons (Fsp3) is 0.133. The summed E-state index contributed by atoms with van der Waals surface area (Å²) in [6.07, 6.45) is 0. The Bertz CT molecular complexity index is 1030. The van der Waals surface area contributed by atoms with Gasteiger partial charge in [-0.3, -0.25) is 14.8 Å². The van der Waals surface area contributed by atoms with Gasteiger partial charge in [0.15, 0.2) is 5.58 Å².